The van der Waals surface area contributed by atoms with Crippen LogP contribution in [0, 0.1) is 38.0 Å². The van der Waals surface area contributed by atoms with E-state index in [4.69, 9.17) is 11.6 Å². The summed E-state index contributed by atoms with van der Waals surface area (Å²) < 4.78 is 0. The average Bonchev–Trinajstić information content (AvgIpc) is 2.62. The number of nitrogens with one attached hydrogen (secondary N) is 1. The van der Waals surface area contributed by atoms with Crippen molar-refractivity contribution in [1.82, 2.24) is 4.98 Å². The van der Waals surface area contributed by atoms with Crippen LogP contribution in [-0.2, 0) is 11.2 Å². The van der Waals surface area contributed by atoms with E-state index in [1.807, 2.05) is 63.2 Å². The molecule has 0 aliphatic heterocycles. The summed E-state index contributed by atoms with van der Waals surface area (Å²) in [5, 5.41) is 13.6. The van der Waals surface area contributed by atoms with Crippen LogP contribution >= 0.6 is 11.6 Å². The van der Waals surface area contributed by atoms with E-state index in [1.54, 1.807) is 0 Å². The molecule has 0 aliphatic rings. The summed E-state index contributed by atoms with van der Waals surface area (Å²) in [6.45, 7) is 5.91. The van der Waals surface area contributed by atoms with Crippen molar-refractivity contribution in [3.8, 4) is 6.07 Å². The van der Waals surface area contributed by atoms with Gasteiger partial charge in [-0.15, -0.1) is 0 Å². The molecule has 0 unspecified atom stereocenters. The van der Waals surface area contributed by atoms with Gasteiger partial charge in [0.15, 0.2) is 0 Å². The summed E-state index contributed by atoms with van der Waals surface area (Å²) in [6.07, 6.45) is 0.211. The molecule has 3 aromatic rings. The average molecular weight is 378 g/mol. The Morgan fingerprint density at radius 3 is 2.56 bits per heavy atom. The summed E-state index contributed by atoms with van der Waals surface area (Å²) in [5.41, 5.74) is 5.38. The fraction of sp³-hybridized carbons (Fsp3) is 0.227. The Balaban J connectivity index is 1.83. The quantitative estimate of drug-likeness (QED) is 0.640. The zero-order valence-corrected chi connectivity index (χ0v) is 16.3. The Kier molecular flexibility index (Phi) is 5.43. The first-order valence-electron chi connectivity index (χ1n) is 8.71. The number of hydrogen-bond acceptors (Lipinski definition) is 3. The Labute approximate surface area is 163 Å². The van der Waals surface area contributed by atoms with E-state index in [0.29, 0.717) is 16.4 Å². The van der Waals surface area contributed by atoms with Gasteiger partial charge in [0.2, 0.25) is 5.91 Å². The number of carbonyl (C=O) groups excluding carboxylic acids is 1. The molecule has 0 aliphatic carbocycles. The first-order chi connectivity index (χ1) is 12.9. The molecule has 3 rings (SSSR count). The maximum atomic E-state index is 12.6. The van der Waals surface area contributed by atoms with Crippen LogP contribution in [0.1, 0.15) is 22.3 Å². The van der Waals surface area contributed by atoms with E-state index in [2.05, 4.69) is 16.4 Å². The molecule has 1 N–H and O–H groups in total. The number of aryl methyl sites for hydroxylation is 3. The third-order valence-electron chi connectivity index (χ3n) is 4.54. The topological polar surface area (TPSA) is 65.8 Å². The lowest BCUT2D eigenvalue weighted by Crippen LogP contribution is -2.24. The molecular weight excluding hydrogens is 358 g/mol. The number of nitriles is 1. The van der Waals surface area contributed by atoms with Crippen LogP contribution in [0.2, 0.25) is 5.15 Å². The van der Waals surface area contributed by atoms with Gasteiger partial charge in [-0.25, -0.2) is 4.98 Å². The second-order valence-corrected chi connectivity index (χ2v) is 7.19. The fourth-order valence-corrected chi connectivity index (χ4v) is 3.25. The van der Waals surface area contributed by atoms with E-state index >= 15 is 0 Å². The lowest BCUT2D eigenvalue weighted by Gasteiger charge is -2.14. The molecule has 0 saturated carbocycles. The van der Waals surface area contributed by atoms with Gasteiger partial charge in [-0.1, -0.05) is 41.4 Å². The number of carbonyl (C=O) groups is 1. The predicted molar refractivity (Wildman–Crippen MR) is 109 cm³/mol. The third kappa shape index (κ3) is 4.27. The summed E-state index contributed by atoms with van der Waals surface area (Å²) in [6, 6.07) is 15.7. The summed E-state index contributed by atoms with van der Waals surface area (Å²) in [5.74, 6) is -1.20. The number of pyridine rings is 1. The van der Waals surface area contributed by atoms with Gasteiger partial charge < -0.3 is 5.32 Å². The number of anilines is 1. The number of hydrogen-bond donors (Lipinski definition) is 1. The highest BCUT2D eigenvalue weighted by Gasteiger charge is 2.21. The van der Waals surface area contributed by atoms with Gasteiger partial charge in [-0.05, 0) is 55.7 Å². The van der Waals surface area contributed by atoms with Gasteiger partial charge in [0.1, 0.15) is 11.1 Å². The van der Waals surface area contributed by atoms with Gasteiger partial charge in [0.25, 0.3) is 0 Å². The molecule has 0 spiro atoms. The largest absolute Gasteiger partial charge is 0.325 e. The predicted octanol–water partition coefficient (Wildman–Crippen LogP) is 5.13. The van der Waals surface area contributed by atoms with E-state index in [0.717, 1.165) is 27.6 Å². The summed E-state index contributed by atoms with van der Waals surface area (Å²) in [7, 11) is 0. The second-order valence-electron chi connectivity index (χ2n) is 6.83. The molecule has 27 heavy (non-hydrogen) atoms. The monoisotopic (exact) mass is 377 g/mol. The maximum Gasteiger partial charge on any atom is 0.242 e. The number of amides is 1. The van der Waals surface area contributed by atoms with Crippen molar-refractivity contribution in [3.63, 3.8) is 0 Å². The van der Waals surface area contributed by atoms with E-state index in [-0.39, 0.29) is 12.3 Å². The number of rotatable bonds is 4. The minimum Gasteiger partial charge on any atom is -0.325 e. The molecule has 1 atom stereocenters. The Hall–Kier alpha value is -2.90. The van der Waals surface area contributed by atoms with Crippen LogP contribution < -0.4 is 5.32 Å². The zero-order chi connectivity index (χ0) is 19.6. The van der Waals surface area contributed by atoms with Crippen LogP contribution in [0.15, 0.2) is 42.5 Å². The van der Waals surface area contributed by atoms with Crippen LogP contribution in [0.5, 0.6) is 0 Å². The lowest BCUT2D eigenvalue weighted by atomic mass is 9.99. The maximum absolute atomic E-state index is 12.6. The minimum atomic E-state index is -0.854. The molecule has 0 radical (unpaired) electrons. The molecule has 5 heteroatoms. The van der Waals surface area contributed by atoms with Crippen molar-refractivity contribution >= 4 is 34.1 Å². The molecule has 0 saturated heterocycles. The van der Waals surface area contributed by atoms with E-state index in [1.165, 1.54) is 0 Å². The summed E-state index contributed by atoms with van der Waals surface area (Å²) >= 11 is 6.31. The molecule has 2 aromatic carbocycles. The smallest absolute Gasteiger partial charge is 0.242 e. The van der Waals surface area contributed by atoms with E-state index in [9.17, 15) is 10.1 Å². The number of benzene rings is 2. The molecule has 1 heterocycles. The fourth-order valence-electron chi connectivity index (χ4n) is 3.03. The number of halogens is 1. The lowest BCUT2D eigenvalue weighted by molar-refractivity contribution is -0.118. The number of nitrogens with zero attached hydrogens (tertiary/aromatic N) is 2. The number of fused-ring (bicyclic) bond motifs is 1. The second kappa shape index (κ2) is 7.77. The van der Waals surface area contributed by atoms with Gasteiger partial charge in [-0.3, -0.25) is 4.79 Å². The molecule has 0 bridgehead atoms. The molecule has 1 aromatic heterocycles. The Morgan fingerprint density at radius 1 is 1.15 bits per heavy atom. The van der Waals surface area contributed by atoms with Crippen molar-refractivity contribution in [2.75, 3.05) is 5.32 Å². The van der Waals surface area contributed by atoms with Crippen LogP contribution in [-0.4, -0.2) is 10.9 Å². The highest BCUT2D eigenvalue weighted by Crippen LogP contribution is 2.25. The molecule has 136 valence electrons. The third-order valence-corrected chi connectivity index (χ3v) is 4.86. The molecule has 4 nitrogen and oxygen atoms in total. The van der Waals surface area contributed by atoms with Gasteiger partial charge in [-0.2, -0.15) is 5.26 Å². The van der Waals surface area contributed by atoms with Gasteiger partial charge >= 0.3 is 0 Å². The van der Waals surface area contributed by atoms with Gasteiger partial charge in [0, 0.05) is 17.5 Å². The van der Waals surface area contributed by atoms with Gasteiger partial charge in [0.05, 0.1) is 11.6 Å². The first kappa shape index (κ1) is 18.9. The normalized spacial score (nSPS) is 11.8. The molecule has 1 amide bonds. The highest BCUT2D eigenvalue weighted by molar-refractivity contribution is 6.30. The van der Waals surface area contributed by atoms with Crippen LogP contribution in [0.3, 0.4) is 0 Å². The van der Waals surface area contributed by atoms with E-state index < -0.39 is 5.92 Å². The van der Waals surface area contributed by atoms with Crippen molar-refractivity contribution in [2.45, 2.75) is 27.2 Å². The highest BCUT2D eigenvalue weighted by atomic mass is 35.5. The van der Waals surface area contributed by atoms with Crippen LogP contribution in [0.4, 0.5) is 5.69 Å². The zero-order valence-electron chi connectivity index (χ0n) is 15.5. The Morgan fingerprint density at radius 2 is 1.85 bits per heavy atom. The Bertz CT molecular complexity index is 1070. The van der Waals surface area contributed by atoms with Crippen molar-refractivity contribution in [1.29, 1.82) is 5.26 Å². The van der Waals surface area contributed by atoms with Crippen molar-refractivity contribution in [3.05, 3.63) is 69.9 Å². The molecular formula is C22H20ClN3O. The standard InChI is InChI=1S/C22H20ClN3O/c1-13-5-7-19(15(3)8-13)26-22(27)18(12-24)11-17-10-16-6-4-14(2)9-20(16)25-21(17)23/h4-10,18H,11H2,1-3H3,(H,26,27)/t18-/m0/s1. The van der Waals surface area contributed by atoms with Crippen LogP contribution in [0.25, 0.3) is 10.9 Å². The molecule has 0 fully saturated rings. The van der Waals surface area contributed by atoms with Crippen molar-refractivity contribution in [2.24, 2.45) is 5.92 Å². The minimum absolute atomic E-state index is 0.211. The summed E-state index contributed by atoms with van der Waals surface area (Å²) in [4.78, 5) is 17.0. The number of aromatic nitrogens is 1. The van der Waals surface area contributed by atoms with Crippen molar-refractivity contribution < 1.29 is 4.79 Å². The first-order valence-corrected chi connectivity index (χ1v) is 9.08. The SMILES string of the molecule is Cc1ccc(NC(=O)[C@H](C#N)Cc2cc3ccc(C)cc3nc2Cl)c(C)c1.